The molecule has 2 nitrogen and oxygen atoms in total. The van der Waals surface area contributed by atoms with E-state index in [1.807, 2.05) is 97.1 Å². The van der Waals surface area contributed by atoms with Gasteiger partial charge < -0.3 is 0 Å². The molecule has 0 aliphatic heterocycles. The first-order chi connectivity index (χ1) is 12.9. The lowest BCUT2D eigenvalue weighted by molar-refractivity contribution is 1.30. The van der Waals surface area contributed by atoms with Crippen LogP contribution in [0.2, 0.25) is 0 Å². The summed E-state index contributed by atoms with van der Waals surface area (Å²) >= 11 is 0. The summed E-state index contributed by atoms with van der Waals surface area (Å²) in [6.45, 7) is 0. The van der Waals surface area contributed by atoms with Gasteiger partial charge in [0.2, 0.25) is 0 Å². The Morgan fingerprint density at radius 1 is 0.615 bits per heavy atom. The number of nitrogens with zero attached hydrogens (tertiary/aromatic N) is 2. The second kappa shape index (κ2) is 7.04. The third-order valence-corrected chi connectivity index (χ3v) is 4.33. The van der Waals surface area contributed by atoms with Gasteiger partial charge in [-0.05, 0) is 11.6 Å². The first-order valence-corrected chi connectivity index (χ1v) is 8.48. The highest BCUT2D eigenvalue weighted by Crippen LogP contribution is 2.34. The van der Waals surface area contributed by atoms with Gasteiger partial charge in [0.15, 0.2) is 0 Å². The lowest BCUT2D eigenvalue weighted by Gasteiger charge is -2.13. The van der Waals surface area contributed by atoms with Crippen molar-refractivity contribution in [3.8, 4) is 39.7 Å². The van der Waals surface area contributed by atoms with Crippen LogP contribution in [0.1, 0.15) is 5.56 Å². The predicted octanol–water partition coefficient (Wildman–Crippen LogP) is 5.95. The number of pyridine rings is 1. The molecular formula is C24H16N2. The first-order valence-electron chi connectivity index (χ1n) is 8.48. The standard InChI is InChI=1S/C24H16N2/c25-17-22-21(18-10-4-1-5-11-18)16-23(19-12-6-2-7-13-19)26-24(22)20-14-8-3-9-15-20/h1-16H. The Morgan fingerprint density at radius 3 is 1.65 bits per heavy atom. The first kappa shape index (κ1) is 15.8. The van der Waals surface area contributed by atoms with Crippen LogP contribution in [0.25, 0.3) is 33.6 Å². The van der Waals surface area contributed by atoms with Gasteiger partial charge in [0.1, 0.15) is 6.07 Å². The highest BCUT2D eigenvalue weighted by molar-refractivity contribution is 5.83. The Bertz CT molecular complexity index is 1000. The summed E-state index contributed by atoms with van der Waals surface area (Å²) in [5.41, 5.74) is 6.07. The molecule has 1 heterocycles. The van der Waals surface area contributed by atoms with E-state index in [1.54, 1.807) is 0 Å². The van der Waals surface area contributed by atoms with Crippen LogP contribution in [0.15, 0.2) is 97.1 Å². The van der Waals surface area contributed by atoms with Gasteiger partial charge >= 0.3 is 0 Å². The molecule has 0 aliphatic carbocycles. The largest absolute Gasteiger partial charge is 0.246 e. The molecule has 2 heteroatoms. The van der Waals surface area contributed by atoms with Crippen LogP contribution in [-0.2, 0) is 0 Å². The van der Waals surface area contributed by atoms with Crippen LogP contribution in [0.3, 0.4) is 0 Å². The van der Waals surface area contributed by atoms with Crippen LogP contribution in [0.5, 0.6) is 0 Å². The molecule has 122 valence electrons. The summed E-state index contributed by atoms with van der Waals surface area (Å²) in [5, 5.41) is 9.89. The van der Waals surface area contributed by atoms with Crippen molar-refractivity contribution in [2.45, 2.75) is 0 Å². The quantitative estimate of drug-likeness (QED) is 0.464. The average Bonchev–Trinajstić information content (AvgIpc) is 2.74. The molecule has 0 atom stereocenters. The second-order valence-corrected chi connectivity index (χ2v) is 5.99. The molecule has 0 fully saturated rings. The minimum absolute atomic E-state index is 0.599. The van der Waals surface area contributed by atoms with Gasteiger partial charge in [0, 0.05) is 16.7 Å². The second-order valence-electron chi connectivity index (χ2n) is 5.99. The predicted molar refractivity (Wildman–Crippen MR) is 105 cm³/mol. The Balaban J connectivity index is 2.03. The number of hydrogen-bond acceptors (Lipinski definition) is 2. The van der Waals surface area contributed by atoms with Crippen molar-refractivity contribution in [3.05, 3.63) is 103 Å². The molecule has 0 saturated heterocycles. The SMILES string of the molecule is N#Cc1c(-c2ccccc2)cc(-c2ccccc2)nc1-c1ccccc1. The molecule has 0 N–H and O–H groups in total. The van der Waals surface area contributed by atoms with Gasteiger partial charge in [-0.15, -0.1) is 0 Å². The molecule has 4 rings (SSSR count). The number of rotatable bonds is 3. The summed E-state index contributed by atoms with van der Waals surface area (Å²) in [4.78, 5) is 4.85. The Hall–Kier alpha value is -3.70. The molecule has 1 aromatic heterocycles. The molecule has 0 unspecified atom stereocenters. The average molecular weight is 332 g/mol. The zero-order valence-electron chi connectivity index (χ0n) is 14.1. The molecule has 0 aliphatic rings. The fourth-order valence-electron chi connectivity index (χ4n) is 3.07. The maximum absolute atomic E-state index is 9.89. The van der Waals surface area contributed by atoms with Crippen molar-refractivity contribution in [1.82, 2.24) is 4.98 Å². The number of nitriles is 1. The normalized spacial score (nSPS) is 10.3. The molecule has 0 bridgehead atoms. The van der Waals surface area contributed by atoms with Crippen molar-refractivity contribution in [3.63, 3.8) is 0 Å². The van der Waals surface area contributed by atoms with Crippen molar-refractivity contribution < 1.29 is 0 Å². The van der Waals surface area contributed by atoms with Gasteiger partial charge in [0.05, 0.1) is 17.0 Å². The van der Waals surface area contributed by atoms with Crippen LogP contribution >= 0.6 is 0 Å². The van der Waals surface area contributed by atoms with E-state index < -0.39 is 0 Å². The molecule has 3 aromatic carbocycles. The van der Waals surface area contributed by atoms with Crippen LogP contribution in [-0.4, -0.2) is 4.98 Å². The number of benzene rings is 3. The van der Waals surface area contributed by atoms with Gasteiger partial charge in [-0.2, -0.15) is 5.26 Å². The highest BCUT2D eigenvalue weighted by Gasteiger charge is 2.16. The van der Waals surface area contributed by atoms with E-state index in [4.69, 9.17) is 4.98 Å². The summed E-state index contributed by atoms with van der Waals surface area (Å²) in [6.07, 6.45) is 0. The van der Waals surface area contributed by atoms with E-state index in [0.29, 0.717) is 11.3 Å². The van der Waals surface area contributed by atoms with Crippen LogP contribution in [0, 0.1) is 11.3 Å². The maximum atomic E-state index is 9.89. The summed E-state index contributed by atoms with van der Waals surface area (Å²) < 4.78 is 0. The van der Waals surface area contributed by atoms with E-state index >= 15 is 0 Å². The van der Waals surface area contributed by atoms with Gasteiger partial charge in [-0.1, -0.05) is 91.0 Å². The lowest BCUT2D eigenvalue weighted by atomic mass is 9.94. The fourth-order valence-corrected chi connectivity index (χ4v) is 3.07. The van der Waals surface area contributed by atoms with Crippen molar-refractivity contribution >= 4 is 0 Å². The van der Waals surface area contributed by atoms with E-state index in [9.17, 15) is 5.26 Å². The zero-order chi connectivity index (χ0) is 17.8. The molecule has 0 amide bonds. The van der Waals surface area contributed by atoms with E-state index in [2.05, 4.69) is 6.07 Å². The third-order valence-electron chi connectivity index (χ3n) is 4.33. The molecule has 26 heavy (non-hydrogen) atoms. The summed E-state index contributed by atoms with van der Waals surface area (Å²) in [5.74, 6) is 0. The van der Waals surface area contributed by atoms with Crippen molar-refractivity contribution in [2.24, 2.45) is 0 Å². The van der Waals surface area contributed by atoms with Crippen molar-refractivity contribution in [2.75, 3.05) is 0 Å². The van der Waals surface area contributed by atoms with E-state index in [0.717, 1.165) is 27.9 Å². The minimum atomic E-state index is 0.599. The zero-order valence-corrected chi connectivity index (χ0v) is 14.1. The Morgan fingerprint density at radius 2 is 1.12 bits per heavy atom. The van der Waals surface area contributed by atoms with E-state index in [1.165, 1.54) is 0 Å². The number of aromatic nitrogens is 1. The molecule has 0 spiro atoms. The van der Waals surface area contributed by atoms with Gasteiger partial charge in [-0.3, -0.25) is 0 Å². The lowest BCUT2D eigenvalue weighted by Crippen LogP contribution is -1.96. The minimum Gasteiger partial charge on any atom is -0.246 e. The summed E-state index contributed by atoms with van der Waals surface area (Å²) in [7, 11) is 0. The highest BCUT2D eigenvalue weighted by atomic mass is 14.7. The van der Waals surface area contributed by atoms with Crippen molar-refractivity contribution in [1.29, 1.82) is 5.26 Å². The smallest absolute Gasteiger partial charge is 0.102 e. The maximum Gasteiger partial charge on any atom is 0.102 e. The molecule has 0 radical (unpaired) electrons. The Kier molecular flexibility index (Phi) is 4.28. The van der Waals surface area contributed by atoms with E-state index in [-0.39, 0.29) is 0 Å². The number of hydrogen-bond donors (Lipinski definition) is 0. The Labute approximate surface area is 153 Å². The monoisotopic (exact) mass is 332 g/mol. The third kappa shape index (κ3) is 2.99. The van der Waals surface area contributed by atoms with Crippen LogP contribution in [0.4, 0.5) is 0 Å². The van der Waals surface area contributed by atoms with Crippen LogP contribution < -0.4 is 0 Å². The van der Waals surface area contributed by atoms with Gasteiger partial charge in [-0.25, -0.2) is 4.98 Å². The fraction of sp³-hybridized carbons (Fsp3) is 0. The summed E-state index contributed by atoms with van der Waals surface area (Å²) in [6, 6.07) is 34.4. The van der Waals surface area contributed by atoms with Gasteiger partial charge in [0.25, 0.3) is 0 Å². The molecule has 0 saturated carbocycles. The molecule has 4 aromatic rings. The molecular weight excluding hydrogens is 316 g/mol. The topological polar surface area (TPSA) is 36.7 Å².